The minimum Gasteiger partial charge on any atom is -0.494 e. The highest BCUT2D eigenvalue weighted by atomic mass is 16.5. The highest BCUT2D eigenvalue weighted by Crippen LogP contribution is 2.16. The van der Waals surface area contributed by atoms with Crippen molar-refractivity contribution < 1.29 is 14.3 Å². The van der Waals surface area contributed by atoms with Gasteiger partial charge in [-0.1, -0.05) is 48.5 Å². The summed E-state index contributed by atoms with van der Waals surface area (Å²) in [5.74, 6) is 1.53. The van der Waals surface area contributed by atoms with Crippen molar-refractivity contribution in [2.45, 2.75) is 13.5 Å². The van der Waals surface area contributed by atoms with Crippen molar-refractivity contribution in [2.75, 3.05) is 6.61 Å². The molecule has 0 fully saturated rings. The van der Waals surface area contributed by atoms with Gasteiger partial charge in [0, 0.05) is 5.56 Å². The molecule has 0 aliphatic carbocycles. The van der Waals surface area contributed by atoms with Gasteiger partial charge < -0.3 is 9.47 Å². The lowest BCUT2D eigenvalue weighted by molar-refractivity contribution is 0.104. The number of benzene rings is 3. The van der Waals surface area contributed by atoms with Gasteiger partial charge in [0.25, 0.3) is 0 Å². The van der Waals surface area contributed by atoms with Crippen LogP contribution < -0.4 is 9.47 Å². The third-order valence-electron chi connectivity index (χ3n) is 4.01. The molecular formula is C24H22O3. The molecule has 0 saturated carbocycles. The summed E-state index contributed by atoms with van der Waals surface area (Å²) in [6, 6.07) is 24.9. The zero-order valence-corrected chi connectivity index (χ0v) is 15.3. The number of hydrogen-bond acceptors (Lipinski definition) is 3. The van der Waals surface area contributed by atoms with E-state index in [1.807, 2.05) is 73.7 Å². The van der Waals surface area contributed by atoms with E-state index in [1.165, 1.54) is 0 Å². The molecular weight excluding hydrogens is 336 g/mol. The molecule has 3 aromatic rings. The summed E-state index contributed by atoms with van der Waals surface area (Å²) in [6.07, 6.45) is 3.38. The maximum Gasteiger partial charge on any atom is 0.185 e. The molecule has 3 heteroatoms. The normalized spacial score (nSPS) is 10.7. The van der Waals surface area contributed by atoms with Crippen molar-refractivity contribution in [3.8, 4) is 11.5 Å². The zero-order valence-electron chi connectivity index (χ0n) is 15.3. The van der Waals surface area contributed by atoms with Crippen LogP contribution >= 0.6 is 0 Å². The first kappa shape index (κ1) is 18.5. The van der Waals surface area contributed by atoms with Gasteiger partial charge in [-0.05, 0) is 60.5 Å². The monoisotopic (exact) mass is 358 g/mol. The Morgan fingerprint density at radius 1 is 0.815 bits per heavy atom. The number of carbonyl (C=O) groups excluding carboxylic acids is 1. The topological polar surface area (TPSA) is 35.5 Å². The van der Waals surface area contributed by atoms with E-state index in [0.29, 0.717) is 18.8 Å². The second-order valence-corrected chi connectivity index (χ2v) is 6.00. The molecule has 3 nitrogen and oxygen atoms in total. The van der Waals surface area contributed by atoms with Crippen molar-refractivity contribution in [3.63, 3.8) is 0 Å². The van der Waals surface area contributed by atoms with Gasteiger partial charge in [0.15, 0.2) is 5.78 Å². The predicted molar refractivity (Wildman–Crippen MR) is 108 cm³/mol. The minimum atomic E-state index is -0.0394. The van der Waals surface area contributed by atoms with Crippen LogP contribution in [0.25, 0.3) is 6.08 Å². The van der Waals surface area contributed by atoms with Crippen molar-refractivity contribution in [1.82, 2.24) is 0 Å². The van der Waals surface area contributed by atoms with Crippen LogP contribution in [0, 0.1) is 0 Å². The Morgan fingerprint density at radius 3 is 2.11 bits per heavy atom. The van der Waals surface area contributed by atoms with E-state index in [-0.39, 0.29) is 5.78 Å². The van der Waals surface area contributed by atoms with Crippen molar-refractivity contribution in [1.29, 1.82) is 0 Å². The molecule has 0 atom stereocenters. The number of ketones is 1. The molecule has 3 aromatic carbocycles. The molecule has 0 amide bonds. The number of rotatable bonds is 8. The van der Waals surface area contributed by atoms with Crippen LogP contribution in [0.1, 0.15) is 28.4 Å². The fourth-order valence-corrected chi connectivity index (χ4v) is 2.57. The average Bonchev–Trinajstić information content (AvgIpc) is 2.73. The fourth-order valence-electron chi connectivity index (χ4n) is 2.57. The third-order valence-corrected chi connectivity index (χ3v) is 4.01. The molecule has 0 bridgehead atoms. The molecule has 0 aliphatic heterocycles. The predicted octanol–water partition coefficient (Wildman–Crippen LogP) is 5.56. The fraction of sp³-hybridized carbons (Fsp3) is 0.125. The molecule has 0 aliphatic rings. The summed E-state index contributed by atoms with van der Waals surface area (Å²) in [7, 11) is 0. The Hall–Kier alpha value is -3.33. The SMILES string of the molecule is CCOc1ccc(C(=O)C=Cc2ccc(OCc3ccccc3)cc2)cc1. The van der Waals surface area contributed by atoms with Gasteiger partial charge in [-0.15, -0.1) is 0 Å². The molecule has 0 radical (unpaired) electrons. The lowest BCUT2D eigenvalue weighted by atomic mass is 10.1. The van der Waals surface area contributed by atoms with E-state index in [2.05, 4.69) is 0 Å². The van der Waals surface area contributed by atoms with Gasteiger partial charge in [-0.25, -0.2) is 0 Å². The van der Waals surface area contributed by atoms with Crippen LogP contribution in [-0.4, -0.2) is 12.4 Å². The van der Waals surface area contributed by atoms with E-state index in [4.69, 9.17) is 9.47 Å². The second-order valence-electron chi connectivity index (χ2n) is 6.00. The third kappa shape index (κ3) is 5.58. The van der Waals surface area contributed by atoms with Gasteiger partial charge in [0.2, 0.25) is 0 Å². The van der Waals surface area contributed by atoms with Crippen molar-refractivity contribution in [2.24, 2.45) is 0 Å². The Balaban J connectivity index is 1.56. The van der Waals surface area contributed by atoms with Crippen LogP contribution in [0.4, 0.5) is 0 Å². The molecule has 0 unspecified atom stereocenters. The van der Waals surface area contributed by atoms with Crippen molar-refractivity contribution in [3.05, 3.63) is 102 Å². The van der Waals surface area contributed by atoms with E-state index < -0.39 is 0 Å². The highest BCUT2D eigenvalue weighted by molar-refractivity contribution is 6.06. The van der Waals surface area contributed by atoms with E-state index in [0.717, 1.165) is 22.6 Å². The molecule has 0 saturated heterocycles. The van der Waals surface area contributed by atoms with Gasteiger partial charge in [0.1, 0.15) is 18.1 Å². The first-order valence-corrected chi connectivity index (χ1v) is 8.96. The van der Waals surface area contributed by atoms with Crippen LogP contribution in [0.2, 0.25) is 0 Å². The first-order chi connectivity index (χ1) is 13.2. The Morgan fingerprint density at radius 2 is 1.44 bits per heavy atom. The lowest BCUT2D eigenvalue weighted by Gasteiger charge is -2.06. The van der Waals surface area contributed by atoms with Gasteiger partial charge in [0.05, 0.1) is 6.61 Å². The smallest absolute Gasteiger partial charge is 0.185 e. The summed E-state index contributed by atoms with van der Waals surface area (Å²) in [4.78, 5) is 12.3. The van der Waals surface area contributed by atoms with Gasteiger partial charge in [-0.3, -0.25) is 4.79 Å². The Kier molecular flexibility index (Phi) is 6.42. The van der Waals surface area contributed by atoms with Crippen LogP contribution in [0.15, 0.2) is 84.9 Å². The number of hydrogen-bond donors (Lipinski definition) is 0. The standard InChI is InChI=1S/C24H22O3/c1-2-26-22-15-11-21(12-16-22)24(25)17-10-19-8-13-23(14-9-19)27-18-20-6-4-3-5-7-20/h3-17H,2,18H2,1H3. The number of carbonyl (C=O) groups is 1. The summed E-state index contributed by atoms with van der Waals surface area (Å²) in [5.41, 5.74) is 2.71. The van der Waals surface area contributed by atoms with E-state index in [1.54, 1.807) is 24.3 Å². The van der Waals surface area contributed by atoms with Crippen molar-refractivity contribution >= 4 is 11.9 Å². The Bertz CT molecular complexity index is 879. The molecule has 0 aromatic heterocycles. The number of allylic oxidation sites excluding steroid dienone is 1. The van der Waals surface area contributed by atoms with Crippen LogP contribution in [0.5, 0.6) is 11.5 Å². The van der Waals surface area contributed by atoms with E-state index >= 15 is 0 Å². The maximum absolute atomic E-state index is 12.3. The summed E-state index contributed by atoms with van der Waals surface area (Å²) >= 11 is 0. The quantitative estimate of drug-likeness (QED) is 0.391. The lowest BCUT2D eigenvalue weighted by Crippen LogP contribution is -1.96. The van der Waals surface area contributed by atoms with Crippen LogP contribution in [-0.2, 0) is 6.61 Å². The summed E-state index contributed by atoms with van der Waals surface area (Å²) in [5, 5.41) is 0. The minimum absolute atomic E-state index is 0.0394. The second kappa shape index (κ2) is 9.39. The highest BCUT2D eigenvalue weighted by Gasteiger charge is 2.02. The average molecular weight is 358 g/mol. The zero-order chi connectivity index (χ0) is 18.9. The molecule has 3 rings (SSSR count). The molecule has 0 heterocycles. The van der Waals surface area contributed by atoms with E-state index in [9.17, 15) is 4.79 Å². The molecule has 136 valence electrons. The largest absolute Gasteiger partial charge is 0.494 e. The van der Waals surface area contributed by atoms with Gasteiger partial charge in [-0.2, -0.15) is 0 Å². The van der Waals surface area contributed by atoms with Gasteiger partial charge >= 0.3 is 0 Å². The van der Waals surface area contributed by atoms with Crippen LogP contribution in [0.3, 0.4) is 0 Å². The summed E-state index contributed by atoms with van der Waals surface area (Å²) in [6.45, 7) is 3.07. The summed E-state index contributed by atoms with van der Waals surface area (Å²) < 4.78 is 11.2. The first-order valence-electron chi connectivity index (χ1n) is 8.96. The Labute approximate surface area is 159 Å². The molecule has 0 N–H and O–H groups in total. The molecule has 0 spiro atoms. The maximum atomic E-state index is 12.3. The number of ether oxygens (including phenoxy) is 2. The molecule has 27 heavy (non-hydrogen) atoms.